The summed E-state index contributed by atoms with van der Waals surface area (Å²) in [5.41, 5.74) is 6.49. The van der Waals surface area contributed by atoms with Gasteiger partial charge >= 0.3 is 0 Å². The van der Waals surface area contributed by atoms with E-state index in [1.807, 2.05) is 7.11 Å². The van der Waals surface area contributed by atoms with Gasteiger partial charge in [-0.05, 0) is 74.3 Å². The number of anilines is 2. The van der Waals surface area contributed by atoms with E-state index in [2.05, 4.69) is 59.7 Å². The van der Waals surface area contributed by atoms with Crippen LogP contribution in [0.3, 0.4) is 0 Å². The molecule has 2 fully saturated rings. The first kappa shape index (κ1) is 25.6. The molecule has 190 valence electrons. The fourth-order valence-electron chi connectivity index (χ4n) is 6.28. The van der Waals surface area contributed by atoms with Gasteiger partial charge in [-0.15, -0.1) is 0 Å². The average molecular weight is 468 g/mol. The number of methoxy groups -OCH3 is 1. The number of ether oxygens (including phenoxy) is 1. The highest BCUT2D eigenvalue weighted by molar-refractivity contribution is 5.80. The van der Waals surface area contributed by atoms with Gasteiger partial charge in [0.15, 0.2) is 0 Å². The summed E-state index contributed by atoms with van der Waals surface area (Å²) in [6, 6.07) is 7.36. The minimum atomic E-state index is 0.427. The van der Waals surface area contributed by atoms with Gasteiger partial charge in [-0.2, -0.15) is 0 Å². The zero-order chi connectivity index (χ0) is 24.0. The normalized spacial score (nSPS) is 22.2. The van der Waals surface area contributed by atoms with E-state index in [0.717, 1.165) is 39.0 Å². The molecule has 4 rings (SSSR count). The highest BCUT2D eigenvalue weighted by atomic mass is 16.5. The van der Waals surface area contributed by atoms with Crippen molar-refractivity contribution in [2.45, 2.75) is 84.7 Å². The molecule has 1 aromatic rings. The molecule has 4 heteroatoms. The third-order valence-corrected chi connectivity index (χ3v) is 9.21. The summed E-state index contributed by atoms with van der Waals surface area (Å²) in [6.45, 7) is 15.2. The number of nitrogens with zero attached hydrogens (tertiary/aromatic N) is 3. The standard InChI is InChI=1S/C30H49N3O/c1-5-8-17-31-20-22-33(23-21-31)29-10-9-26(32-18-13-27(34-4)14-19-32)24-28(29)25-11-15-30(6-2,7-3)16-12-25/h9-11,24,27H,5-8,12-23H2,1-4H3. The van der Waals surface area contributed by atoms with E-state index < -0.39 is 0 Å². The topological polar surface area (TPSA) is 19.0 Å². The maximum atomic E-state index is 5.62. The molecule has 3 aliphatic rings. The Balaban J connectivity index is 1.57. The molecule has 0 N–H and O–H groups in total. The third-order valence-electron chi connectivity index (χ3n) is 9.21. The van der Waals surface area contributed by atoms with E-state index in [1.165, 1.54) is 81.5 Å². The lowest BCUT2D eigenvalue weighted by Crippen LogP contribution is -2.47. The van der Waals surface area contributed by atoms with Crippen molar-refractivity contribution in [2.75, 3.05) is 62.7 Å². The number of benzene rings is 1. The Labute approximate surface area is 209 Å². The highest BCUT2D eigenvalue weighted by Crippen LogP contribution is 2.45. The molecule has 0 unspecified atom stereocenters. The summed E-state index contributed by atoms with van der Waals surface area (Å²) in [4.78, 5) is 7.91. The van der Waals surface area contributed by atoms with Crippen molar-refractivity contribution in [3.8, 4) is 0 Å². The molecule has 34 heavy (non-hydrogen) atoms. The Morgan fingerprint density at radius 1 is 0.941 bits per heavy atom. The number of hydrogen-bond donors (Lipinski definition) is 0. The summed E-state index contributed by atoms with van der Waals surface area (Å²) in [6.07, 6.45) is 14.3. The molecule has 2 saturated heterocycles. The molecule has 2 heterocycles. The van der Waals surface area contributed by atoms with Crippen LogP contribution in [0, 0.1) is 5.41 Å². The molecular weight excluding hydrogens is 418 g/mol. The van der Waals surface area contributed by atoms with E-state index >= 15 is 0 Å². The first-order chi connectivity index (χ1) is 16.6. The third kappa shape index (κ3) is 5.82. The largest absolute Gasteiger partial charge is 0.381 e. The number of piperazine rings is 1. The molecule has 0 bridgehead atoms. The summed E-state index contributed by atoms with van der Waals surface area (Å²) >= 11 is 0. The van der Waals surface area contributed by atoms with Gasteiger partial charge in [-0.1, -0.05) is 46.1 Å². The predicted octanol–water partition coefficient (Wildman–Crippen LogP) is 6.60. The molecule has 0 saturated carbocycles. The lowest BCUT2D eigenvalue weighted by atomic mass is 9.70. The summed E-state index contributed by atoms with van der Waals surface area (Å²) < 4.78 is 5.62. The minimum absolute atomic E-state index is 0.427. The van der Waals surface area contributed by atoms with E-state index in [1.54, 1.807) is 5.57 Å². The van der Waals surface area contributed by atoms with Gasteiger partial charge in [0.1, 0.15) is 0 Å². The van der Waals surface area contributed by atoms with Crippen molar-refractivity contribution in [3.05, 3.63) is 29.8 Å². The Morgan fingerprint density at radius 2 is 1.68 bits per heavy atom. The highest BCUT2D eigenvalue weighted by Gasteiger charge is 2.30. The molecule has 0 atom stereocenters. The zero-order valence-corrected chi connectivity index (χ0v) is 22.5. The van der Waals surface area contributed by atoms with Gasteiger partial charge in [0.2, 0.25) is 0 Å². The Bertz CT molecular complexity index is 799. The number of piperidine rings is 1. The van der Waals surface area contributed by atoms with Gasteiger partial charge in [0.25, 0.3) is 0 Å². The lowest BCUT2D eigenvalue weighted by molar-refractivity contribution is 0.0819. The Kier molecular flexibility index (Phi) is 8.98. The summed E-state index contributed by atoms with van der Waals surface area (Å²) in [7, 11) is 1.86. The zero-order valence-electron chi connectivity index (χ0n) is 22.5. The second kappa shape index (κ2) is 11.9. The number of hydrogen-bond acceptors (Lipinski definition) is 4. The monoisotopic (exact) mass is 467 g/mol. The number of unbranched alkanes of at least 4 members (excludes halogenated alkanes) is 1. The van der Waals surface area contributed by atoms with Crippen LogP contribution < -0.4 is 9.80 Å². The smallest absolute Gasteiger partial charge is 0.0605 e. The van der Waals surface area contributed by atoms with Crippen LogP contribution in [0.4, 0.5) is 11.4 Å². The van der Waals surface area contributed by atoms with E-state index in [0.29, 0.717) is 11.5 Å². The van der Waals surface area contributed by atoms with Gasteiger partial charge in [-0.3, -0.25) is 4.90 Å². The predicted molar refractivity (Wildman–Crippen MR) is 147 cm³/mol. The van der Waals surface area contributed by atoms with E-state index in [4.69, 9.17) is 4.74 Å². The van der Waals surface area contributed by atoms with Crippen LogP contribution >= 0.6 is 0 Å². The van der Waals surface area contributed by atoms with Crippen molar-refractivity contribution in [2.24, 2.45) is 5.41 Å². The molecule has 0 spiro atoms. The van der Waals surface area contributed by atoms with Crippen LogP contribution in [0.15, 0.2) is 24.3 Å². The quantitative estimate of drug-likeness (QED) is 0.407. The van der Waals surface area contributed by atoms with Crippen LogP contribution in [0.25, 0.3) is 5.57 Å². The molecule has 2 aliphatic heterocycles. The minimum Gasteiger partial charge on any atom is -0.381 e. The molecule has 1 aromatic carbocycles. The van der Waals surface area contributed by atoms with E-state index in [-0.39, 0.29) is 0 Å². The van der Waals surface area contributed by atoms with E-state index in [9.17, 15) is 0 Å². The lowest BCUT2D eigenvalue weighted by Gasteiger charge is -2.39. The van der Waals surface area contributed by atoms with Crippen molar-refractivity contribution in [1.29, 1.82) is 0 Å². The molecule has 1 aliphatic carbocycles. The molecule has 0 amide bonds. The average Bonchev–Trinajstić information content (AvgIpc) is 2.92. The maximum absolute atomic E-state index is 5.62. The molecule has 0 aromatic heterocycles. The molecule has 0 radical (unpaired) electrons. The van der Waals surface area contributed by atoms with Gasteiger partial charge in [0.05, 0.1) is 6.10 Å². The summed E-state index contributed by atoms with van der Waals surface area (Å²) in [5, 5.41) is 0. The van der Waals surface area contributed by atoms with Gasteiger partial charge in [-0.25, -0.2) is 0 Å². The Morgan fingerprint density at radius 3 is 2.26 bits per heavy atom. The Hall–Kier alpha value is -1.52. The molecular formula is C30H49N3O. The van der Waals surface area contributed by atoms with Crippen molar-refractivity contribution in [3.63, 3.8) is 0 Å². The second-order valence-corrected chi connectivity index (χ2v) is 10.9. The fourth-order valence-corrected chi connectivity index (χ4v) is 6.28. The van der Waals surface area contributed by atoms with Crippen LogP contribution in [0.2, 0.25) is 0 Å². The van der Waals surface area contributed by atoms with Crippen LogP contribution in [-0.4, -0.2) is 63.9 Å². The van der Waals surface area contributed by atoms with Crippen molar-refractivity contribution >= 4 is 16.9 Å². The maximum Gasteiger partial charge on any atom is 0.0605 e. The van der Waals surface area contributed by atoms with Gasteiger partial charge < -0.3 is 14.5 Å². The summed E-state index contributed by atoms with van der Waals surface area (Å²) in [5.74, 6) is 0. The molecule has 4 nitrogen and oxygen atoms in total. The number of rotatable bonds is 9. The first-order valence-corrected chi connectivity index (χ1v) is 14.2. The van der Waals surface area contributed by atoms with Gasteiger partial charge in [0, 0.05) is 63.3 Å². The SMILES string of the molecule is CCCCN1CCN(c2ccc(N3CCC(OC)CC3)cc2C2=CCC(CC)(CC)CC2)CC1. The van der Waals surface area contributed by atoms with Crippen LogP contribution in [0.1, 0.15) is 84.1 Å². The van der Waals surface area contributed by atoms with Crippen molar-refractivity contribution in [1.82, 2.24) is 4.90 Å². The van der Waals surface area contributed by atoms with Crippen molar-refractivity contribution < 1.29 is 4.74 Å². The first-order valence-electron chi connectivity index (χ1n) is 14.2. The van der Waals surface area contributed by atoms with Crippen LogP contribution in [0.5, 0.6) is 0 Å². The van der Waals surface area contributed by atoms with Crippen LogP contribution in [-0.2, 0) is 4.74 Å². The number of allylic oxidation sites excluding steroid dienone is 2. The fraction of sp³-hybridized carbons (Fsp3) is 0.733. The second-order valence-electron chi connectivity index (χ2n) is 10.9.